The number of carbonyl (C=O) groups excluding carboxylic acids is 1. The van der Waals surface area contributed by atoms with Crippen molar-refractivity contribution < 1.29 is 14.3 Å². The van der Waals surface area contributed by atoms with Crippen molar-refractivity contribution in [2.45, 2.75) is 19.1 Å². The molecule has 0 radical (unpaired) electrons. The molecular weight excluding hydrogens is 354 g/mol. The van der Waals surface area contributed by atoms with Gasteiger partial charge in [-0.2, -0.15) is 0 Å². The molecule has 2 aliphatic heterocycles. The van der Waals surface area contributed by atoms with E-state index in [2.05, 4.69) is 11.0 Å². The van der Waals surface area contributed by atoms with Gasteiger partial charge in [0.05, 0.1) is 20.3 Å². The molecule has 0 unspecified atom stereocenters. The lowest BCUT2D eigenvalue weighted by atomic mass is 10.1. The minimum Gasteiger partial charge on any atom is -0.497 e. The fourth-order valence-corrected chi connectivity index (χ4v) is 4.14. The number of nitrogens with zero attached hydrogens (tertiary/aromatic N) is 3. The number of ether oxygens (including phenoxy) is 2. The summed E-state index contributed by atoms with van der Waals surface area (Å²) < 4.78 is 10.7. The van der Waals surface area contributed by atoms with E-state index in [-0.39, 0.29) is 12.1 Å². The Morgan fingerprint density at radius 3 is 2.46 bits per heavy atom. The van der Waals surface area contributed by atoms with Crippen LogP contribution < -0.4 is 9.47 Å². The standard InChI is InChI=1S/C22H27N3O3/c1-27-20-9-7-17(8-10-20)13-24-16-19-15-23(11-12-25(19)22(24)26)14-18-5-3-4-6-21(18)28-2/h3-10,19H,11-16H2,1-2H3/t19-/m1/s1. The van der Waals surface area contributed by atoms with Crippen LogP contribution in [-0.2, 0) is 13.1 Å². The number of methoxy groups -OCH3 is 2. The Labute approximate surface area is 166 Å². The van der Waals surface area contributed by atoms with Crippen LogP contribution in [0.5, 0.6) is 11.5 Å². The van der Waals surface area contributed by atoms with Crippen LogP contribution in [0.1, 0.15) is 11.1 Å². The molecule has 2 amide bonds. The number of hydrogen-bond acceptors (Lipinski definition) is 4. The number of piperazine rings is 1. The van der Waals surface area contributed by atoms with Crippen molar-refractivity contribution in [2.24, 2.45) is 0 Å². The zero-order valence-electron chi connectivity index (χ0n) is 16.5. The summed E-state index contributed by atoms with van der Waals surface area (Å²) in [6.07, 6.45) is 0. The Hall–Kier alpha value is -2.73. The van der Waals surface area contributed by atoms with Crippen molar-refractivity contribution in [1.82, 2.24) is 14.7 Å². The van der Waals surface area contributed by atoms with E-state index in [0.29, 0.717) is 6.54 Å². The third-order valence-electron chi connectivity index (χ3n) is 5.63. The summed E-state index contributed by atoms with van der Waals surface area (Å²) in [6, 6.07) is 16.5. The molecule has 2 aromatic carbocycles. The lowest BCUT2D eigenvalue weighted by Crippen LogP contribution is -2.51. The van der Waals surface area contributed by atoms with Crippen molar-refractivity contribution in [3.05, 3.63) is 59.7 Å². The predicted octanol–water partition coefficient (Wildman–Crippen LogP) is 2.83. The summed E-state index contributed by atoms with van der Waals surface area (Å²) in [5.41, 5.74) is 2.32. The van der Waals surface area contributed by atoms with Crippen LogP contribution in [0.4, 0.5) is 4.79 Å². The van der Waals surface area contributed by atoms with Crippen LogP contribution in [0.2, 0.25) is 0 Å². The first-order valence-electron chi connectivity index (χ1n) is 9.70. The lowest BCUT2D eigenvalue weighted by molar-refractivity contribution is 0.115. The van der Waals surface area contributed by atoms with Gasteiger partial charge in [0.25, 0.3) is 0 Å². The summed E-state index contributed by atoms with van der Waals surface area (Å²) in [5, 5.41) is 0. The summed E-state index contributed by atoms with van der Waals surface area (Å²) in [6.45, 7) is 4.81. The topological polar surface area (TPSA) is 45.2 Å². The van der Waals surface area contributed by atoms with Gasteiger partial charge >= 0.3 is 6.03 Å². The van der Waals surface area contributed by atoms with E-state index >= 15 is 0 Å². The van der Waals surface area contributed by atoms with Gasteiger partial charge in [0.15, 0.2) is 0 Å². The molecule has 28 heavy (non-hydrogen) atoms. The molecule has 2 heterocycles. The number of para-hydroxylation sites is 1. The molecule has 6 nitrogen and oxygen atoms in total. The Balaban J connectivity index is 1.38. The smallest absolute Gasteiger partial charge is 0.320 e. The number of hydrogen-bond donors (Lipinski definition) is 0. The highest BCUT2D eigenvalue weighted by atomic mass is 16.5. The monoisotopic (exact) mass is 381 g/mol. The molecule has 0 N–H and O–H groups in total. The molecule has 0 aromatic heterocycles. The third-order valence-corrected chi connectivity index (χ3v) is 5.63. The van der Waals surface area contributed by atoms with Gasteiger partial charge in [-0.3, -0.25) is 4.90 Å². The van der Waals surface area contributed by atoms with Crippen molar-refractivity contribution in [3.8, 4) is 11.5 Å². The molecule has 6 heteroatoms. The Morgan fingerprint density at radius 2 is 1.71 bits per heavy atom. The van der Waals surface area contributed by atoms with Crippen molar-refractivity contribution in [3.63, 3.8) is 0 Å². The highest BCUT2D eigenvalue weighted by Crippen LogP contribution is 2.26. The second kappa shape index (κ2) is 8.10. The lowest BCUT2D eigenvalue weighted by Gasteiger charge is -2.36. The average molecular weight is 381 g/mol. The van der Waals surface area contributed by atoms with Gasteiger partial charge in [0.1, 0.15) is 11.5 Å². The van der Waals surface area contributed by atoms with Crippen molar-refractivity contribution in [2.75, 3.05) is 40.4 Å². The molecule has 2 fully saturated rings. The summed E-state index contributed by atoms with van der Waals surface area (Å²) in [4.78, 5) is 19.2. The Bertz CT molecular complexity index is 824. The number of amides is 2. The molecule has 0 spiro atoms. The maximum absolute atomic E-state index is 12.8. The molecule has 2 saturated heterocycles. The van der Waals surface area contributed by atoms with Crippen molar-refractivity contribution in [1.29, 1.82) is 0 Å². The molecule has 2 aliphatic rings. The second-order valence-corrected chi connectivity index (χ2v) is 7.41. The van der Waals surface area contributed by atoms with Crippen LogP contribution >= 0.6 is 0 Å². The molecule has 148 valence electrons. The SMILES string of the molecule is COc1ccc(CN2C[C@H]3CN(Cc4ccccc4OC)CCN3C2=O)cc1. The number of benzene rings is 2. The highest BCUT2D eigenvalue weighted by Gasteiger charge is 2.40. The Kier molecular flexibility index (Phi) is 5.39. The first-order chi connectivity index (χ1) is 13.7. The maximum Gasteiger partial charge on any atom is 0.320 e. The predicted molar refractivity (Wildman–Crippen MR) is 108 cm³/mol. The summed E-state index contributed by atoms with van der Waals surface area (Å²) in [7, 11) is 3.37. The van der Waals surface area contributed by atoms with Gasteiger partial charge in [-0.1, -0.05) is 30.3 Å². The van der Waals surface area contributed by atoms with Crippen molar-refractivity contribution >= 4 is 6.03 Å². The number of carbonyl (C=O) groups is 1. The normalized spacial score (nSPS) is 19.6. The summed E-state index contributed by atoms with van der Waals surface area (Å²) >= 11 is 0. The number of fused-ring (bicyclic) bond motifs is 1. The van der Waals surface area contributed by atoms with E-state index < -0.39 is 0 Å². The second-order valence-electron chi connectivity index (χ2n) is 7.41. The highest BCUT2D eigenvalue weighted by molar-refractivity contribution is 5.77. The number of urea groups is 1. The molecule has 2 aromatic rings. The van der Waals surface area contributed by atoms with Gasteiger partial charge < -0.3 is 19.3 Å². The third kappa shape index (κ3) is 3.78. The average Bonchev–Trinajstić information content (AvgIpc) is 3.04. The minimum absolute atomic E-state index is 0.151. The quantitative estimate of drug-likeness (QED) is 0.772. The van der Waals surface area contributed by atoms with Crippen LogP contribution in [0.25, 0.3) is 0 Å². The zero-order chi connectivity index (χ0) is 19.5. The van der Waals surface area contributed by atoms with Gasteiger partial charge in [-0.05, 0) is 23.8 Å². The van der Waals surface area contributed by atoms with E-state index in [0.717, 1.165) is 49.8 Å². The van der Waals surface area contributed by atoms with Crippen LogP contribution in [0.15, 0.2) is 48.5 Å². The van der Waals surface area contributed by atoms with Gasteiger partial charge in [0, 0.05) is 44.8 Å². The van der Waals surface area contributed by atoms with Crippen LogP contribution in [-0.4, -0.2) is 67.2 Å². The maximum atomic E-state index is 12.8. The molecule has 0 saturated carbocycles. The molecule has 0 aliphatic carbocycles. The minimum atomic E-state index is 0.151. The number of rotatable bonds is 6. The summed E-state index contributed by atoms with van der Waals surface area (Å²) in [5.74, 6) is 1.76. The molecule has 0 bridgehead atoms. The van der Waals surface area contributed by atoms with Gasteiger partial charge in [-0.25, -0.2) is 4.79 Å². The zero-order valence-corrected chi connectivity index (χ0v) is 16.5. The fourth-order valence-electron chi connectivity index (χ4n) is 4.14. The van der Waals surface area contributed by atoms with Gasteiger partial charge in [-0.15, -0.1) is 0 Å². The largest absolute Gasteiger partial charge is 0.497 e. The van der Waals surface area contributed by atoms with Crippen LogP contribution in [0, 0.1) is 0 Å². The molecule has 4 rings (SSSR count). The van der Waals surface area contributed by atoms with E-state index in [1.807, 2.05) is 52.3 Å². The van der Waals surface area contributed by atoms with E-state index in [4.69, 9.17) is 9.47 Å². The first-order valence-corrected chi connectivity index (χ1v) is 9.70. The first kappa shape index (κ1) is 18.6. The molecule has 1 atom stereocenters. The Morgan fingerprint density at radius 1 is 0.929 bits per heavy atom. The van der Waals surface area contributed by atoms with Gasteiger partial charge in [0.2, 0.25) is 0 Å². The van der Waals surface area contributed by atoms with Crippen LogP contribution in [0.3, 0.4) is 0 Å². The van der Waals surface area contributed by atoms with E-state index in [1.54, 1.807) is 14.2 Å². The fraction of sp³-hybridized carbons (Fsp3) is 0.409. The molecular formula is C22H27N3O3. The van der Waals surface area contributed by atoms with E-state index in [1.165, 1.54) is 5.56 Å². The van der Waals surface area contributed by atoms with E-state index in [9.17, 15) is 4.79 Å².